The number of ether oxygens (including phenoxy) is 3. The molecule has 1 aliphatic heterocycles. The third kappa shape index (κ3) is 4.06. The Morgan fingerprint density at radius 1 is 1.25 bits per heavy atom. The minimum Gasteiger partial charge on any atom is -0.496 e. The van der Waals surface area contributed by atoms with Crippen molar-refractivity contribution in [2.45, 2.75) is 18.9 Å². The van der Waals surface area contributed by atoms with E-state index in [0.29, 0.717) is 29.4 Å². The van der Waals surface area contributed by atoms with Crippen LogP contribution in [0.4, 0.5) is 5.69 Å². The number of methoxy groups -OCH3 is 1. The summed E-state index contributed by atoms with van der Waals surface area (Å²) in [7, 11) is 1.55. The van der Waals surface area contributed by atoms with Gasteiger partial charge in [0.2, 0.25) is 0 Å². The molecule has 126 valence electrons. The van der Waals surface area contributed by atoms with Gasteiger partial charge in [0.1, 0.15) is 18.1 Å². The number of nitrogens with one attached hydrogen (secondary N) is 1. The molecule has 0 saturated carbocycles. The van der Waals surface area contributed by atoms with E-state index >= 15 is 0 Å². The van der Waals surface area contributed by atoms with Gasteiger partial charge in [-0.15, -0.1) is 0 Å². The predicted octanol–water partition coefficient (Wildman–Crippen LogP) is 3.51. The van der Waals surface area contributed by atoms with Gasteiger partial charge in [-0.3, -0.25) is 4.79 Å². The largest absolute Gasteiger partial charge is 0.496 e. The van der Waals surface area contributed by atoms with Crippen LogP contribution in [0.5, 0.6) is 11.5 Å². The Kier molecular flexibility index (Phi) is 5.33. The molecule has 1 amide bonds. The summed E-state index contributed by atoms with van der Waals surface area (Å²) in [6.07, 6.45) is 2.28. The Bertz CT molecular complexity index is 695. The van der Waals surface area contributed by atoms with E-state index in [9.17, 15) is 4.79 Å². The summed E-state index contributed by atoms with van der Waals surface area (Å²) in [6.45, 7) is 1.34. The normalized spacial score (nSPS) is 16.6. The maximum absolute atomic E-state index is 12.4. The van der Waals surface area contributed by atoms with E-state index in [4.69, 9.17) is 14.2 Å². The Morgan fingerprint density at radius 2 is 2.12 bits per heavy atom. The lowest BCUT2D eigenvalue weighted by Crippen LogP contribution is -2.16. The van der Waals surface area contributed by atoms with Crippen molar-refractivity contribution in [1.29, 1.82) is 0 Å². The van der Waals surface area contributed by atoms with E-state index < -0.39 is 0 Å². The fourth-order valence-corrected chi connectivity index (χ4v) is 2.66. The smallest absolute Gasteiger partial charge is 0.259 e. The summed E-state index contributed by atoms with van der Waals surface area (Å²) in [6, 6.07) is 14.5. The van der Waals surface area contributed by atoms with Crippen LogP contribution in [-0.4, -0.2) is 32.3 Å². The topological polar surface area (TPSA) is 56.8 Å². The van der Waals surface area contributed by atoms with Crippen molar-refractivity contribution in [1.82, 2.24) is 0 Å². The number of anilines is 1. The second kappa shape index (κ2) is 7.84. The lowest BCUT2D eigenvalue weighted by molar-refractivity contribution is 0.0680. The summed E-state index contributed by atoms with van der Waals surface area (Å²) >= 11 is 0. The van der Waals surface area contributed by atoms with Gasteiger partial charge in [0.25, 0.3) is 5.91 Å². The number of hydrogen-bond donors (Lipinski definition) is 1. The van der Waals surface area contributed by atoms with Gasteiger partial charge in [-0.2, -0.15) is 0 Å². The van der Waals surface area contributed by atoms with Crippen molar-refractivity contribution in [3.8, 4) is 11.5 Å². The zero-order valence-corrected chi connectivity index (χ0v) is 13.7. The Hall–Kier alpha value is -2.53. The van der Waals surface area contributed by atoms with Gasteiger partial charge in [-0.1, -0.05) is 18.2 Å². The van der Waals surface area contributed by atoms with Crippen LogP contribution in [-0.2, 0) is 4.74 Å². The van der Waals surface area contributed by atoms with Crippen LogP contribution >= 0.6 is 0 Å². The van der Waals surface area contributed by atoms with E-state index in [1.165, 1.54) is 0 Å². The van der Waals surface area contributed by atoms with Crippen LogP contribution in [0.15, 0.2) is 48.5 Å². The number of hydrogen-bond acceptors (Lipinski definition) is 4. The van der Waals surface area contributed by atoms with Gasteiger partial charge in [0.15, 0.2) is 0 Å². The van der Waals surface area contributed by atoms with Gasteiger partial charge in [0, 0.05) is 18.4 Å². The first-order valence-corrected chi connectivity index (χ1v) is 8.05. The molecule has 0 aliphatic carbocycles. The average Bonchev–Trinajstić information content (AvgIpc) is 3.14. The van der Waals surface area contributed by atoms with Crippen LogP contribution in [0.1, 0.15) is 23.2 Å². The Balaban J connectivity index is 1.64. The first-order chi connectivity index (χ1) is 11.8. The highest BCUT2D eigenvalue weighted by atomic mass is 16.5. The van der Waals surface area contributed by atoms with Crippen molar-refractivity contribution in [2.75, 3.05) is 25.6 Å². The van der Waals surface area contributed by atoms with Crippen LogP contribution < -0.4 is 14.8 Å². The molecule has 0 radical (unpaired) electrons. The molecule has 2 aromatic rings. The summed E-state index contributed by atoms with van der Waals surface area (Å²) in [5.41, 5.74) is 1.17. The lowest BCUT2D eigenvalue weighted by atomic mass is 10.2. The Labute approximate surface area is 141 Å². The van der Waals surface area contributed by atoms with E-state index in [1.807, 2.05) is 30.3 Å². The Morgan fingerprint density at radius 3 is 2.92 bits per heavy atom. The molecule has 1 N–H and O–H groups in total. The average molecular weight is 327 g/mol. The minimum atomic E-state index is -0.219. The number of para-hydroxylation sites is 1. The monoisotopic (exact) mass is 327 g/mol. The number of amides is 1. The van der Waals surface area contributed by atoms with Gasteiger partial charge >= 0.3 is 0 Å². The van der Waals surface area contributed by atoms with Gasteiger partial charge < -0.3 is 19.5 Å². The molecule has 0 aromatic heterocycles. The molecule has 1 aliphatic rings. The highest BCUT2D eigenvalue weighted by molar-refractivity contribution is 6.06. The molecular weight excluding hydrogens is 306 g/mol. The van der Waals surface area contributed by atoms with Crippen molar-refractivity contribution in [3.63, 3.8) is 0 Å². The molecule has 3 rings (SSSR count). The molecule has 2 aromatic carbocycles. The highest BCUT2D eigenvalue weighted by Gasteiger charge is 2.16. The fourth-order valence-electron chi connectivity index (χ4n) is 2.66. The highest BCUT2D eigenvalue weighted by Crippen LogP contribution is 2.22. The molecule has 0 spiro atoms. The summed E-state index contributed by atoms with van der Waals surface area (Å²) in [5.74, 6) is 1.04. The molecule has 24 heavy (non-hydrogen) atoms. The number of rotatable bonds is 6. The van der Waals surface area contributed by atoms with E-state index in [0.717, 1.165) is 19.4 Å². The molecule has 1 saturated heterocycles. The van der Waals surface area contributed by atoms with Crippen LogP contribution in [0.25, 0.3) is 0 Å². The van der Waals surface area contributed by atoms with Crippen LogP contribution in [0.3, 0.4) is 0 Å². The lowest BCUT2D eigenvalue weighted by Gasteiger charge is -2.13. The summed E-state index contributed by atoms with van der Waals surface area (Å²) in [5, 5.41) is 2.87. The van der Waals surface area contributed by atoms with Crippen molar-refractivity contribution in [2.24, 2.45) is 0 Å². The van der Waals surface area contributed by atoms with E-state index in [-0.39, 0.29) is 12.0 Å². The molecular formula is C19H21NO4. The van der Waals surface area contributed by atoms with Crippen molar-refractivity contribution in [3.05, 3.63) is 54.1 Å². The van der Waals surface area contributed by atoms with E-state index in [2.05, 4.69) is 5.32 Å². The third-order valence-corrected chi connectivity index (χ3v) is 3.90. The molecule has 1 unspecified atom stereocenters. The standard InChI is InChI=1S/C19H21NO4/c1-22-18-10-3-2-9-17(18)19(21)20-14-6-4-7-15(12-14)24-13-16-8-5-11-23-16/h2-4,6-7,9-10,12,16H,5,8,11,13H2,1H3,(H,20,21). The zero-order valence-electron chi connectivity index (χ0n) is 13.7. The number of carbonyl (C=O) groups is 1. The van der Waals surface area contributed by atoms with Gasteiger partial charge in [0.05, 0.1) is 18.8 Å². The van der Waals surface area contributed by atoms with Gasteiger partial charge in [-0.05, 0) is 37.1 Å². The molecule has 5 heteroatoms. The molecule has 1 heterocycles. The number of benzene rings is 2. The quantitative estimate of drug-likeness (QED) is 0.882. The second-order valence-electron chi connectivity index (χ2n) is 5.63. The van der Waals surface area contributed by atoms with Crippen LogP contribution in [0, 0.1) is 0 Å². The first kappa shape index (κ1) is 16.3. The first-order valence-electron chi connectivity index (χ1n) is 8.05. The summed E-state index contributed by atoms with van der Waals surface area (Å²) in [4.78, 5) is 12.4. The molecule has 1 atom stereocenters. The molecule has 5 nitrogen and oxygen atoms in total. The number of carbonyl (C=O) groups excluding carboxylic acids is 1. The molecule has 1 fully saturated rings. The zero-order chi connectivity index (χ0) is 16.8. The van der Waals surface area contributed by atoms with Crippen LogP contribution in [0.2, 0.25) is 0 Å². The maximum atomic E-state index is 12.4. The van der Waals surface area contributed by atoms with Crippen molar-refractivity contribution < 1.29 is 19.0 Å². The van der Waals surface area contributed by atoms with Gasteiger partial charge in [-0.25, -0.2) is 0 Å². The summed E-state index contributed by atoms with van der Waals surface area (Å²) < 4.78 is 16.5. The third-order valence-electron chi connectivity index (χ3n) is 3.90. The maximum Gasteiger partial charge on any atom is 0.259 e. The molecule has 0 bridgehead atoms. The fraction of sp³-hybridized carbons (Fsp3) is 0.316. The SMILES string of the molecule is COc1ccccc1C(=O)Nc1cccc(OCC2CCCO2)c1. The van der Waals surface area contributed by atoms with E-state index in [1.54, 1.807) is 25.3 Å². The minimum absolute atomic E-state index is 0.164. The second-order valence-corrected chi connectivity index (χ2v) is 5.63. The predicted molar refractivity (Wildman–Crippen MR) is 91.9 cm³/mol. The van der Waals surface area contributed by atoms with Crippen molar-refractivity contribution >= 4 is 11.6 Å².